The topological polar surface area (TPSA) is 60.8 Å². The van der Waals surface area contributed by atoms with Gasteiger partial charge in [-0.2, -0.15) is 0 Å². The molecule has 0 N–H and O–H groups in total. The Labute approximate surface area is 143 Å². The summed E-state index contributed by atoms with van der Waals surface area (Å²) in [5.41, 5.74) is 1.12. The Bertz CT molecular complexity index is 792. The van der Waals surface area contributed by atoms with E-state index in [0.717, 1.165) is 23.2 Å². The fraction of sp³-hybridized carbons (Fsp3) is 0.529. The number of fused-ring (bicyclic) bond motifs is 1. The zero-order chi connectivity index (χ0) is 17.2. The molecule has 132 valence electrons. The number of methoxy groups -OCH3 is 1. The van der Waals surface area contributed by atoms with Gasteiger partial charge in [-0.15, -0.1) is 0 Å². The number of hydrogen-bond acceptors (Lipinski definition) is 4. The smallest absolute Gasteiger partial charge is 0.211 e. The molecular weight excluding hydrogens is 328 g/mol. The molecule has 1 aromatic carbocycles. The summed E-state index contributed by atoms with van der Waals surface area (Å²) in [5, 5.41) is 1.08. The van der Waals surface area contributed by atoms with Crippen molar-refractivity contribution < 1.29 is 17.9 Å². The van der Waals surface area contributed by atoms with Gasteiger partial charge in [0.2, 0.25) is 10.0 Å². The molecule has 6 nitrogen and oxygen atoms in total. The van der Waals surface area contributed by atoms with Gasteiger partial charge in [0.05, 0.1) is 18.4 Å². The molecule has 24 heavy (non-hydrogen) atoms. The van der Waals surface area contributed by atoms with Crippen molar-refractivity contribution in [2.45, 2.75) is 25.5 Å². The van der Waals surface area contributed by atoms with Gasteiger partial charge in [0.15, 0.2) is 0 Å². The third-order valence-corrected chi connectivity index (χ3v) is 5.78. The van der Waals surface area contributed by atoms with Gasteiger partial charge in [-0.25, -0.2) is 12.7 Å². The van der Waals surface area contributed by atoms with Gasteiger partial charge >= 0.3 is 0 Å². The van der Waals surface area contributed by atoms with Gasteiger partial charge in [-0.1, -0.05) is 6.07 Å². The summed E-state index contributed by atoms with van der Waals surface area (Å²) < 4.78 is 38.2. The van der Waals surface area contributed by atoms with Crippen LogP contribution in [0.15, 0.2) is 30.5 Å². The SMILES string of the molecule is COCCn1ccc2c(OC3CCN(S(C)(=O)=O)CC3)cccc21. The highest BCUT2D eigenvalue weighted by Gasteiger charge is 2.26. The Morgan fingerprint density at radius 1 is 1.21 bits per heavy atom. The van der Waals surface area contributed by atoms with Crippen molar-refractivity contribution in [1.29, 1.82) is 0 Å². The largest absolute Gasteiger partial charge is 0.490 e. The minimum atomic E-state index is -3.10. The molecule has 7 heteroatoms. The van der Waals surface area contributed by atoms with E-state index in [0.29, 0.717) is 32.5 Å². The first-order chi connectivity index (χ1) is 11.5. The minimum Gasteiger partial charge on any atom is -0.490 e. The van der Waals surface area contributed by atoms with Crippen molar-refractivity contribution in [3.05, 3.63) is 30.5 Å². The van der Waals surface area contributed by atoms with Gasteiger partial charge in [0, 0.05) is 38.3 Å². The van der Waals surface area contributed by atoms with Crippen LogP contribution < -0.4 is 4.74 Å². The normalized spacial score (nSPS) is 17.4. The Kier molecular flexibility index (Phi) is 5.12. The van der Waals surface area contributed by atoms with Crippen LogP contribution >= 0.6 is 0 Å². The number of hydrogen-bond donors (Lipinski definition) is 0. The van der Waals surface area contributed by atoms with Crippen molar-refractivity contribution >= 4 is 20.9 Å². The number of benzene rings is 1. The maximum Gasteiger partial charge on any atom is 0.211 e. The van der Waals surface area contributed by atoms with E-state index in [-0.39, 0.29) is 6.10 Å². The molecule has 2 aromatic rings. The molecule has 1 fully saturated rings. The van der Waals surface area contributed by atoms with Crippen molar-refractivity contribution in [3.63, 3.8) is 0 Å². The summed E-state index contributed by atoms with van der Waals surface area (Å²) in [6.45, 7) is 2.51. The second kappa shape index (κ2) is 7.13. The summed E-state index contributed by atoms with van der Waals surface area (Å²) in [7, 11) is -1.40. The lowest BCUT2D eigenvalue weighted by atomic mass is 10.1. The fourth-order valence-corrected chi connectivity index (χ4v) is 4.02. The highest BCUT2D eigenvalue weighted by Crippen LogP contribution is 2.29. The zero-order valence-electron chi connectivity index (χ0n) is 14.1. The van der Waals surface area contributed by atoms with E-state index < -0.39 is 10.0 Å². The molecule has 0 unspecified atom stereocenters. The standard InChI is InChI=1S/C17H24N2O4S/c1-22-13-12-18-9-8-15-16(18)4-3-5-17(15)23-14-6-10-19(11-7-14)24(2,20)21/h3-5,8-9,14H,6-7,10-13H2,1-2H3. The van der Waals surface area contributed by atoms with Crippen LogP contribution in [0.25, 0.3) is 10.9 Å². The number of rotatable bonds is 6. The number of piperidine rings is 1. The molecule has 1 aliphatic rings. The molecule has 0 amide bonds. The molecule has 0 saturated carbocycles. The second-order valence-corrected chi connectivity index (χ2v) is 8.15. The number of nitrogens with zero attached hydrogens (tertiary/aromatic N) is 2. The predicted octanol–water partition coefficient (Wildman–Crippen LogP) is 2.09. The van der Waals surface area contributed by atoms with E-state index in [1.807, 2.05) is 18.3 Å². The van der Waals surface area contributed by atoms with Crippen LogP contribution in [0.3, 0.4) is 0 Å². The molecule has 3 rings (SSSR count). The van der Waals surface area contributed by atoms with E-state index in [2.05, 4.69) is 16.7 Å². The second-order valence-electron chi connectivity index (χ2n) is 6.17. The average molecular weight is 352 g/mol. The molecule has 0 aliphatic carbocycles. The Morgan fingerprint density at radius 3 is 2.62 bits per heavy atom. The van der Waals surface area contributed by atoms with Gasteiger partial charge < -0.3 is 14.0 Å². The van der Waals surface area contributed by atoms with Crippen molar-refractivity contribution in [2.75, 3.05) is 33.1 Å². The van der Waals surface area contributed by atoms with E-state index in [1.54, 1.807) is 7.11 Å². The van der Waals surface area contributed by atoms with Crippen LogP contribution in [0.5, 0.6) is 5.75 Å². The van der Waals surface area contributed by atoms with E-state index in [4.69, 9.17) is 9.47 Å². The molecule has 1 aromatic heterocycles. The molecule has 0 radical (unpaired) electrons. The Hall–Kier alpha value is -1.57. The van der Waals surface area contributed by atoms with Crippen LogP contribution in [0.4, 0.5) is 0 Å². The first-order valence-corrected chi connectivity index (χ1v) is 10.0. The number of aromatic nitrogens is 1. The summed E-state index contributed by atoms with van der Waals surface area (Å²) in [4.78, 5) is 0. The van der Waals surface area contributed by atoms with E-state index in [1.165, 1.54) is 10.6 Å². The molecule has 0 spiro atoms. The molecule has 0 bridgehead atoms. The van der Waals surface area contributed by atoms with Crippen molar-refractivity contribution in [3.8, 4) is 5.75 Å². The summed E-state index contributed by atoms with van der Waals surface area (Å²) in [6, 6.07) is 8.11. The van der Waals surface area contributed by atoms with Gasteiger partial charge in [0.25, 0.3) is 0 Å². The maximum absolute atomic E-state index is 11.6. The summed E-state index contributed by atoms with van der Waals surface area (Å²) in [5.74, 6) is 0.862. The number of ether oxygens (including phenoxy) is 2. The van der Waals surface area contributed by atoms with Crippen molar-refractivity contribution in [1.82, 2.24) is 8.87 Å². The molecule has 1 aliphatic heterocycles. The van der Waals surface area contributed by atoms with Crippen LogP contribution in [0.1, 0.15) is 12.8 Å². The first-order valence-electron chi connectivity index (χ1n) is 8.17. The Balaban J connectivity index is 1.71. The zero-order valence-corrected chi connectivity index (χ0v) is 15.0. The van der Waals surface area contributed by atoms with E-state index in [9.17, 15) is 8.42 Å². The van der Waals surface area contributed by atoms with Crippen LogP contribution in [0.2, 0.25) is 0 Å². The predicted molar refractivity (Wildman–Crippen MR) is 93.9 cm³/mol. The average Bonchev–Trinajstić information content (AvgIpc) is 2.97. The fourth-order valence-electron chi connectivity index (χ4n) is 3.14. The van der Waals surface area contributed by atoms with Crippen molar-refractivity contribution in [2.24, 2.45) is 0 Å². The number of sulfonamides is 1. The van der Waals surface area contributed by atoms with Crippen LogP contribution in [-0.4, -0.2) is 56.5 Å². The molecule has 2 heterocycles. The Morgan fingerprint density at radius 2 is 1.96 bits per heavy atom. The monoisotopic (exact) mass is 352 g/mol. The van der Waals surface area contributed by atoms with E-state index >= 15 is 0 Å². The molecule has 0 atom stereocenters. The molecular formula is C17H24N2O4S. The highest BCUT2D eigenvalue weighted by atomic mass is 32.2. The van der Waals surface area contributed by atoms with Gasteiger partial charge in [-0.3, -0.25) is 0 Å². The van der Waals surface area contributed by atoms with Crippen LogP contribution in [0, 0.1) is 0 Å². The minimum absolute atomic E-state index is 0.0518. The van der Waals surface area contributed by atoms with Crippen LogP contribution in [-0.2, 0) is 21.3 Å². The quantitative estimate of drug-likeness (QED) is 0.799. The summed E-state index contributed by atoms with van der Waals surface area (Å²) >= 11 is 0. The third kappa shape index (κ3) is 3.74. The van der Waals surface area contributed by atoms with Gasteiger partial charge in [-0.05, 0) is 31.0 Å². The third-order valence-electron chi connectivity index (χ3n) is 4.47. The first kappa shape index (κ1) is 17.3. The maximum atomic E-state index is 11.6. The lowest BCUT2D eigenvalue weighted by Crippen LogP contribution is -2.41. The lowest BCUT2D eigenvalue weighted by molar-refractivity contribution is 0.137. The highest BCUT2D eigenvalue weighted by molar-refractivity contribution is 7.88. The lowest BCUT2D eigenvalue weighted by Gasteiger charge is -2.30. The van der Waals surface area contributed by atoms with Gasteiger partial charge in [0.1, 0.15) is 11.9 Å². The summed E-state index contributed by atoms with van der Waals surface area (Å²) in [6.07, 6.45) is 4.79. The molecule has 1 saturated heterocycles.